The van der Waals surface area contributed by atoms with Crippen molar-refractivity contribution in [3.63, 3.8) is 0 Å². The number of pyridine rings is 2. The standard InChI is InChI=1S/C37H37FN6O5S/c1-22-11-13-29(14-12-22)50(46,47)44-21-31(33-23(2)42-43(24(33)3)20-25-9-8-10-28(38)15-25)30-16-26(19-40-35(30)44)27-17-32(48-7)34(39-18-27)41-36(45)49-37(4,5)6/h8-19,21H,20H2,1-7H3,(H,39,41,45). The summed E-state index contributed by atoms with van der Waals surface area (Å²) < 4.78 is 56.1. The number of fused-ring (bicyclic) bond motifs is 1. The number of carbonyl (C=O) groups is 1. The van der Waals surface area contributed by atoms with E-state index in [9.17, 15) is 17.6 Å². The van der Waals surface area contributed by atoms with Crippen LogP contribution in [0.5, 0.6) is 5.75 Å². The van der Waals surface area contributed by atoms with Gasteiger partial charge in [0.05, 0.1) is 24.2 Å². The van der Waals surface area contributed by atoms with Gasteiger partial charge in [-0.25, -0.2) is 31.5 Å². The second-order valence-corrected chi connectivity index (χ2v) is 14.8. The first-order valence-electron chi connectivity index (χ1n) is 15.8. The molecule has 0 saturated carbocycles. The SMILES string of the molecule is COc1cc(-c2cnc3c(c2)c(-c2c(C)nn(Cc4cccc(F)c4)c2C)cn3S(=O)(=O)c2ccc(C)cc2)cnc1NC(=O)OC(C)(C)C. The van der Waals surface area contributed by atoms with Gasteiger partial charge in [-0.1, -0.05) is 29.8 Å². The second-order valence-electron chi connectivity index (χ2n) is 13.0. The minimum Gasteiger partial charge on any atom is -0.493 e. The summed E-state index contributed by atoms with van der Waals surface area (Å²) in [6, 6.07) is 16.5. The summed E-state index contributed by atoms with van der Waals surface area (Å²) in [5, 5.41) is 7.94. The largest absolute Gasteiger partial charge is 0.493 e. The summed E-state index contributed by atoms with van der Waals surface area (Å²) in [6.07, 6.45) is 4.03. The van der Waals surface area contributed by atoms with Crippen molar-refractivity contribution in [3.8, 4) is 28.0 Å². The lowest BCUT2D eigenvalue weighted by Gasteiger charge is -2.20. The predicted octanol–water partition coefficient (Wildman–Crippen LogP) is 7.67. The molecule has 0 aliphatic heterocycles. The van der Waals surface area contributed by atoms with Crippen molar-refractivity contribution in [2.45, 2.75) is 58.6 Å². The van der Waals surface area contributed by atoms with Crippen LogP contribution in [0.25, 0.3) is 33.3 Å². The molecule has 0 unspecified atom stereocenters. The molecule has 0 bridgehead atoms. The predicted molar refractivity (Wildman–Crippen MR) is 189 cm³/mol. The summed E-state index contributed by atoms with van der Waals surface area (Å²) in [4.78, 5) is 21.7. The van der Waals surface area contributed by atoms with Crippen molar-refractivity contribution in [2.24, 2.45) is 0 Å². The van der Waals surface area contributed by atoms with E-state index in [-0.39, 0.29) is 22.2 Å². The van der Waals surface area contributed by atoms with Crippen LogP contribution in [0.1, 0.15) is 43.3 Å². The lowest BCUT2D eigenvalue weighted by Crippen LogP contribution is -2.27. The summed E-state index contributed by atoms with van der Waals surface area (Å²) in [5.74, 6) is 0.123. The Morgan fingerprint density at radius 2 is 1.66 bits per heavy atom. The van der Waals surface area contributed by atoms with E-state index in [4.69, 9.17) is 14.6 Å². The van der Waals surface area contributed by atoms with E-state index in [0.717, 1.165) is 22.4 Å². The number of aromatic nitrogens is 5. The number of hydrogen-bond donors (Lipinski definition) is 1. The number of rotatable bonds is 8. The Bertz CT molecular complexity index is 2360. The van der Waals surface area contributed by atoms with E-state index in [1.807, 2.05) is 32.9 Å². The second kappa shape index (κ2) is 13.0. The van der Waals surface area contributed by atoms with Gasteiger partial charge in [0.25, 0.3) is 10.0 Å². The molecule has 0 radical (unpaired) electrons. The molecule has 0 atom stereocenters. The first kappa shape index (κ1) is 34.3. The van der Waals surface area contributed by atoms with Gasteiger partial charge in [-0.3, -0.25) is 10.00 Å². The molecule has 0 aliphatic rings. The van der Waals surface area contributed by atoms with Crippen LogP contribution in [0, 0.1) is 26.6 Å². The molecule has 0 spiro atoms. The van der Waals surface area contributed by atoms with E-state index >= 15 is 0 Å². The zero-order valence-electron chi connectivity index (χ0n) is 28.8. The van der Waals surface area contributed by atoms with Crippen molar-refractivity contribution in [1.29, 1.82) is 0 Å². The molecule has 0 fully saturated rings. The Morgan fingerprint density at radius 3 is 2.34 bits per heavy atom. The Labute approximate surface area is 289 Å². The third-order valence-electron chi connectivity index (χ3n) is 8.09. The Balaban J connectivity index is 1.49. The number of halogens is 1. The lowest BCUT2D eigenvalue weighted by atomic mass is 10.0. The highest BCUT2D eigenvalue weighted by molar-refractivity contribution is 7.90. The number of ether oxygens (including phenoxy) is 2. The molecule has 4 heterocycles. The average molecular weight is 697 g/mol. The Morgan fingerprint density at radius 1 is 0.960 bits per heavy atom. The average Bonchev–Trinajstić information content (AvgIpc) is 3.56. The van der Waals surface area contributed by atoms with Crippen LogP contribution >= 0.6 is 0 Å². The minimum atomic E-state index is -4.06. The van der Waals surface area contributed by atoms with E-state index in [1.54, 1.807) is 80.4 Å². The zero-order chi connectivity index (χ0) is 36.0. The van der Waals surface area contributed by atoms with Crippen LogP contribution in [0.4, 0.5) is 15.0 Å². The van der Waals surface area contributed by atoms with Crippen molar-refractivity contribution in [2.75, 3.05) is 12.4 Å². The van der Waals surface area contributed by atoms with Gasteiger partial charge < -0.3 is 9.47 Å². The van der Waals surface area contributed by atoms with Gasteiger partial charge in [0.1, 0.15) is 11.4 Å². The van der Waals surface area contributed by atoms with Crippen molar-refractivity contribution in [1.82, 2.24) is 23.7 Å². The van der Waals surface area contributed by atoms with E-state index < -0.39 is 21.7 Å². The molecule has 6 aromatic rings. The topological polar surface area (TPSA) is 130 Å². The summed E-state index contributed by atoms with van der Waals surface area (Å²) >= 11 is 0. The third-order valence-corrected chi connectivity index (χ3v) is 9.75. The molecular weight excluding hydrogens is 660 g/mol. The summed E-state index contributed by atoms with van der Waals surface area (Å²) in [6.45, 7) is 11.2. The molecular formula is C37H37FN6O5S. The van der Waals surface area contributed by atoms with Gasteiger partial charge in [0.15, 0.2) is 17.2 Å². The number of nitrogens with zero attached hydrogens (tertiary/aromatic N) is 5. The highest BCUT2D eigenvalue weighted by atomic mass is 32.2. The van der Waals surface area contributed by atoms with E-state index in [2.05, 4.69) is 15.3 Å². The number of methoxy groups -OCH3 is 1. The molecule has 0 saturated heterocycles. The fraction of sp³-hybridized carbons (Fsp3) is 0.243. The van der Waals surface area contributed by atoms with Crippen molar-refractivity contribution in [3.05, 3.63) is 108 Å². The van der Waals surface area contributed by atoms with Gasteiger partial charge in [-0.05, 0) is 83.5 Å². The smallest absolute Gasteiger partial charge is 0.413 e. The maximum Gasteiger partial charge on any atom is 0.413 e. The molecule has 1 N–H and O–H groups in total. The van der Waals surface area contributed by atoms with Crippen molar-refractivity contribution >= 4 is 33.0 Å². The van der Waals surface area contributed by atoms with Crippen LogP contribution in [0.15, 0.2) is 84.1 Å². The van der Waals surface area contributed by atoms with E-state index in [0.29, 0.717) is 40.1 Å². The van der Waals surface area contributed by atoms with Gasteiger partial charge >= 0.3 is 6.09 Å². The number of nitrogens with one attached hydrogen (secondary N) is 1. The van der Waals surface area contributed by atoms with Crippen LogP contribution in [-0.4, -0.2) is 50.9 Å². The van der Waals surface area contributed by atoms with E-state index in [1.165, 1.54) is 23.2 Å². The molecule has 50 heavy (non-hydrogen) atoms. The molecule has 4 aromatic heterocycles. The fourth-order valence-electron chi connectivity index (χ4n) is 5.74. The quantitative estimate of drug-likeness (QED) is 0.172. The number of benzene rings is 2. The zero-order valence-corrected chi connectivity index (χ0v) is 29.6. The summed E-state index contributed by atoms with van der Waals surface area (Å²) in [5.41, 5.74) is 5.20. The molecule has 1 amide bonds. The first-order valence-corrected chi connectivity index (χ1v) is 17.2. The number of aryl methyl sites for hydroxylation is 2. The van der Waals surface area contributed by atoms with Crippen LogP contribution in [-0.2, 0) is 21.3 Å². The minimum absolute atomic E-state index is 0.120. The van der Waals surface area contributed by atoms with Gasteiger partial charge in [-0.2, -0.15) is 5.10 Å². The van der Waals surface area contributed by atoms with Crippen LogP contribution in [0.2, 0.25) is 0 Å². The van der Waals surface area contributed by atoms with Gasteiger partial charge in [0.2, 0.25) is 0 Å². The van der Waals surface area contributed by atoms with Gasteiger partial charge in [0, 0.05) is 51.9 Å². The molecule has 13 heteroatoms. The monoisotopic (exact) mass is 696 g/mol. The maximum atomic E-state index is 14.1. The molecule has 11 nitrogen and oxygen atoms in total. The molecule has 0 aliphatic carbocycles. The van der Waals surface area contributed by atoms with Crippen LogP contribution in [0.3, 0.4) is 0 Å². The van der Waals surface area contributed by atoms with Gasteiger partial charge in [-0.15, -0.1) is 0 Å². The molecule has 2 aromatic carbocycles. The highest BCUT2D eigenvalue weighted by Crippen LogP contribution is 2.38. The Hall–Kier alpha value is -5.56. The third kappa shape index (κ3) is 6.81. The fourth-order valence-corrected chi connectivity index (χ4v) is 7.07. The summed E-state index contributed by atoms with van der Waals surface area (Å²) in [7, 11) is -2.60. The highest BCUT2D eigenvalue weighted by Gasteiger charge is 2.26. The van der Waals surface area contributed by atoms with Crippen molar-refractivity contribution < 1.29 is 27.1 Å². The first-order chi connectivity index (χ1) is 23.6. The lowest BCUT2D eigenvalue weighted by molar-refractivity contribution is 0.0634. The molecule has 6 rings (SSSR count). The molecule has 258 valence electrons. The number of anilines is 1. The number of carbonyl (C=O) groups excluding carboxylic acids is 1. The maximum absolute atomic E-state index is 14.1. The Kier molecular flexibility index (Phi) is 8.95. The number of hydrogen-bond acceptors (Lipinski definition) is 8. The van der Waals surface area contributed by atoms with Crippen LogP contribution < -0.4 is 10.1 Å². The number of amides is 1. The normalized spacial score (nSPS) is 11.9.